The van der Waals surface area contributed by atoms with E-state index in [0.717, 1.165) is 43.6 Å². The second kappa shape index (κ2) is 6.47. The Labute approximate surface area is 120 Å². The fourth-order valence-corrected chi connectivity index (χ4v) is 3.07. The molecular weight excluding hydrogens is 278 g/mol. The van der Waals surface area contributed by atoms with Gasteiger partial charge in [-0.1, -0.05) is 11.3 Å². The van der Waals surface area contributed by atoms with Gasteiger partial charge >= 0.3 is 5.97 Å². The van der Waals surface area contributed by atoms with Gasteiger partial charge in [0.05, 0.1) is 6.34 Å². The van der Waals surface area contributed by atoms with Crippen LogP contribution in [0, 0.1) is 0 Å². The van der Waals surface area contributed by atoms with Gasteiger partial charge < -0.3 is 15.7 Å². The summed E-state index contributed by atoms with van der Waals surface area (Å²) in [6, 6.07) is 0. The molecule has 0 unspecified atom stereocenters. The van der Waals surface area contributed by atoms with Crippen molar-refractivity contribution in [3.63, 3.8) is 0 Å². The summed E-state index contributed by atoms with van der Waals surface area (Å²) < 4.78 is 0. The molecule has 7 nitrogen and oxygen atoms in total. The van der Waals surface area contributed by atoms with Gasteiger partial charge in [-0.25, -0.2) is 14.8 Å². The van der Waals surface area contributed by atoms with Crippen LogP contribution in [0.4, 0.5) is 5.13 Å². The SMILES string of the molecule is CN=C(N=CN)c1nc(N2CCCCC2)sc1C(=O)O. The van der Waals surface area contributed by atoms with Crippen LogP contribution in [-0.4, -0.2) is 48.4 Å². The molecular formula is C12H17N5O2S. The Hall–Kier alpha value is -1.96. The van der Waals surface area contributed by atoms with E-state index in [1.54, 1.807) is 0 Å². The Morgan fingerprint density at radius 2 is 2.15 bits per heavy atom. The fraction of sp³-hybridized carbons (Fsp3) is 0.500. The zero-order chi connectivity index (χ0) is 14.5. The minimum atomic E-state index is -1.02. The number of aromatic nitrogens is 1. The molecule has 0 radical (unpaired) electrons. The summed E-state index contributed by atoms with van der Waals surface area (Å²) in [5.41, 5.74) is 5.55. The highest BCUT2D eigenvalue weighted by Crippen LogP contribution is 2.29. The molecule has 0 aromatic carbocycles. The highest BCUT2D eigenvalue weighted by atomic mass is 32.1. The lowest BCUT2D eigenvalue weighted by Crippen LogP contribution is -2.29. The van der Waals surface area contributed by atoms with Gasteiger partial charge in [-0.05, 0) is 19.3 Å². The third-order valence-corrected chi connectivity index (χ3v) is 4.16. The summed E-state index contributed by atoms with van der Waals surface area (Å²) in [6.07, 6.45) is 4.51. The van der Waals surface area contributed by atoms with Gasteiger partial charge in [-0.3, -0.25) is 4.99 Å². The lowest BCUT2D eigenvalue weighted by atomic mass is 10.1. The van der Waals surface area contributed by atoms with Gasteiger partial charge in [-0.2, -0.15) is 0 Å². The first-order chi connectivity index (χ1) is 9.67. The Morgan fingerprint density at radius 1 is 1.45 bits per heavy atom. The molecule has 0 saturated carbocycles. The number of aliphatic imine (C=N–C) groups is 2. The summed E-state index contributed by atoms with van der Waals surface area (Å²) >= 11 is 1.16. The molecule has 0 bridgehead atoms. The zero-order valence-corrected chi connectivity index (χ0v) is 12.1. The number of nitrogens with zero attached hydrogens (tertiary/aromatic N) is 4. The van der Waals surface area contributed by atoms with Crippen LogP contribution in [0.1, 0.15) is 34.6 Å². The Kier molecular flexibility index (Phi) is 4.67. The summed E-state index contributed by atoms with van der Waals surface area (Å²) in [4.78, 5) is 25.9. The molecule has 108 valence electrons. The van der Waals surface area contributed by atoms with Gasteiger partial charge in [0, 0.05) is 20.1 Å². The van der Waals surface area contributed by atoms with Crippen LogP contribution in [0.5, 0.6) is 0 Å². The van der Waals surface area contributed by atoms with E-state index in [4.69, 9.17) is 5.73 Å². The van der Waals surface area contributed by atoms with Crippen molar-refractivity contribution in [2.45, 2.75) is 19.3 Å². The van der Waals surface area contributed by atoms with Crippen molar-refractivity contribution in [1.29, 1.82) is 0 Å². The van der Waals surface area contributed by atoms with E-state index in [-0.39, 0.29) is 16.4 Å². The smallest absolute Gasteiger partial charge is 0.348 e. The molecule has 0 amide bonds. The van der Waals surface area contributed by atoms with Crippen LogP contribution in [0.2, 0.25) is 0 Å². The summed E-state index contributed by atoms with van der Waals surface area (Å²) in [6.45, 7) is 1.82. The van der Waals surface area contributed by atoms with Crippen molar-refractivity contribution in [1.82, 2.24) is 4.98 Å². The average molecular weight is 295 g/mol. The van der Waals surface area contributed by atoms with E-state index in [0.29, 0.717) is 5.13 Å². The maximum atomic E-state index is 11.4. The second-order valence-electron chi connectivity index (χ2n) is 4.35. The number of nitrogens with two attached hydrogens (primary N) is 1. The number of anilines is 1. The van der Waals surface area contributed by atoms with Crippen LogP contribution in [0.25, 0.3) is 0 Å². The van der Waals surface area contributed by atoms with Gasteiger partial charge in [0.2, 0.25) is 0 Å². The van der Waals surface area contributed by atoms with E-state index in [1.165, 1.54) is 13.5 Å². The Morgan fingerprint density at radius 3 is 2.70 bits per heavy atom. The average Bonchev–Trinajstić information content (AvgIpc) is 2.91. The number of thiazole rings is 1. The molecule has 1 aromatic rings. The van der Waals surface area contributed by atoms with Gasteiger partial charge in [-0.15, -0.1) is 0 Å². The number of carboxylic acids is 1. The number of carbonyl (C=O) groups is 1. The molecule has 0 aliphatic carbocycles. The van der Waals surface area contributed by atoms with Crippen molar-refractivity contribution >= 4 is 34.6 Å². The monoisotopic (exact) mass is 295 g/mol. The van der Waals surface area contributed by atoms with E-state index >= 15 is 0 Å². The van der Waals surface area contributed by atoms with Crippen molar-refractivity contribution in [3.05, 3.63) is 10.6 Å². The highest BCUT2D eigenvalue weighted by Gasteiger charge is 2.24. The molecule has 3 N–H and O–H groups in total. The summed E-state index contributed by atoms with van der Waals surface area (Å²) in [7, 11) is 1.54. The standard InChI is InChI=1S/C12H17N5O2S/c1-14-10(15-7-13)8-9(11(18)19)20-12(16-8)17-5-3-2-4-6-17/h7H,2-6H2,1H3,(H,18,19)(H2,13,14,15). The first-order valence-corrected chi connectivity index (χ1v) is 7.19. The van der Waals surface area contributed by atoms with E-state index in [9.17, 15) is 9.90 Å². The van der Waals surface area contributed by atoms with E-state index in [1.807, 2.05) is 0 Å². The topological polar surface area (TPSA) is 104 Å². The molecule has 1 aliphatic rings. The summed E-state index contributed by atoms with van der Waals surface area (Å²) in [5.74, 6) is -0.779. The third kappa shape index (κ3) is 2.96. The van der Waals surface area contributed by atoms with Crippen LogP contribution in [0.15, 0.2) is 9.98 Å². The molecule has 0 atom stereocenters. The predicted molar refractivity (Wildman–Crippen MR) is 80.3 cm³/mol. The Bertz CT molecular complexity index is 546. The molecule has 2 heterocycles. The molecule has 1 aliphatic heterocycles. The van der Waals surface area contributed by atoms with Crippen LogP contribution in [-0.2, 0) is 0 Å². The van der Waals surface area contributed by atoms with Crippen molar-refractivity contribution in [3.8, 4) is 0 Å². The number of amidine groups is 1. The number of rotatable bonds is 3. The minimum Gasteiger partial charge on any atom is -0.477 e. The summed E-state index contributed by atoms with van der Waals surface area (Å²) in [5, 5.41) is 10.0. The fourth-order valence-electron chi connectivity index (χ4n) is 2.12. The number of carboxylic acid groups (broad SMARTS) is 1. The third-order valence-electron chi connectivity index (χ3n) is 3.06. The molecule has 20 heavy (non-hydrogen) atoms. The first kappa shape index (κ1) is 14.4. The number of aromatic carboxylic acids is 1. The number of hydrogen-bond donors (Lipinski definition) is 2. The zero-order valence-electron chi connectivity index (χ0n) is 11.2. The lowest BCUT2D eigenvalue weighted by Gasteiger charge is -2.25. The van der Waals surface area contributed by atoms with Crippen molar-refractivity contribution in [2.75, 3.05) is 25.0 Å². The normalized spacial score (nSPS) is 16.9. The molecule has 1 saturated heterocycles. The second-order valence-corrected chi connectivity index (χ2v) is 5.33. The molecule has 0 spiro atoms. The van der Waals surface area contributed by atoms with E-state index < -0.39 is 5.97 Å². The Balaban J connectivity index is 2.39. The van der Waals surface area contributed by atoms with Gasteiger partial charge in [0.15, 0.2) is 11.0 Å². The van der Waals surface area contributed by atoms with Crippen molar-refractivity contribution < 1.29 is 9.90 Å². The van der Waals surface area contributed by atoms with Crippen LogP contribution >= 0.6 is 11.3 Å². The largest absolute Gasteiger partial charge is 0.477 e. The maximum Gasteiger partial charge on any atom is 0.348 e. The van der Waals surface area contributed by atoms with Crippen LogP contribution < -0.4 is 10.6 Å². The molecule has 2 rings (SSSR count). The quantitative estimate of drug-likeness (QED) is 0.644. The van der Waals surface area contributed by atoms with Crippen LogP contribution in [0.3, 0.4) is 0 Å². The maximum absolute atomic E-state index is 11.4. The number of hydrogen-bond acceptors (Lipinski definition) is 5. The van der Waals surface area contributed by atoms with Gasteiger partial charge in [0.1, 0.15) is 10.6 Å². The minimum absolute atomic E-state index is 0.150. The van der Waals surface area contributed by atoms with Gasteiger partial charge in [0.25, 0.3) is 0 Å². The molecule has 1 aromatic heterocycles. The van der Waals surface area contributed by atoms with E-state index in [2.05, 4.69) is 19.9 Å². The number of piperidine rings is 1. The molecule has 8 heteroatoms. The predicted octanol–water partition coefficient (Wildman–Crippen LogP) is 1.20. The lowest BCUT2D eigenvalue weighted by molar-refractivity contribution is 0.0701. The molecule has 1 fully saturated rings. The highest BCUT2D eigenvalue weighted by molar-refractivity contribution is 7.17. The van der Waals surface area contributed by atoms with Crippen molar-refractivity contribution in [2.24, 2.45) is 15.7 Å². The first-order valence-electron chi connectivity index (χ1n) is 6.38.